The predicted octanol–water partition coefficient (Wildman–Crippen LogP) is 4.66. The first-order valence-corrected chi connectivity index (χ1v) is 11.7. The van der Waals surface area contributed by atoms with E-state index < -0.39 is 5.41 Å². The summed E-state index contributed by atoms with van der Waals surface area (Å²) in [7, 11) is 0. The van der Waals surface area contributed by atoms with Crippen LogP contribution in [0.5, 0.6) is 0 Å². The van der Waals surface area contributed by atoms with Gasteiger partial charge in [-0.1, -0.05) is 54.4 Å². The summed E-state index contributed by atoms with van der Waals surface area (Å²) in [5.74, 6) is 5.43. The second kappa shape index (κ2) is 10.8. The van der Waals surface area contributed by atoms with Gasteiger partial charge in [-0.25, -0.2) is 5.84 Å². The van der Waals surface area contributed by atoms with Crippen molar-refractivity contribution in [3.05, 3.63) is 69.7 Å². The second-order valence-corrected chi connectivity index (χ2v) is 9.89. The average molecular weight is 476 g/mol. The number of amides is 1. The quantitative estimate of drug-likeness (QED) is 0.294. The highest BCUT2D eigenvalue weighted by molar-refractivity contribution is 6.30. The van der Waals surface area contributed by atoms with Gasteiger partial charge in [-0.05, 0) is 74.0 Å². The number of hydrogen-bond acceptors (Lipinski definition) is 4. The number of carbonyl (C=O) groups excluding carboxylic acids is 2. The van der Waals surface area contributed by atoms with Gasteiger partial charge < -0.3 is 5.32 Å². The molecule has 0 aromatic heterocycles. The number of ketones is 1. The minimum absolute atomic E-state index is 0.0390. The molecule has 1 fully saturated rings. The van der Waals surface area contributed by atoms with Gasteiger partial charge in [-0.15, -0.1) is 0 Å². The van der Waals surface area contributed by atoms with E-state index in [1.54, 1.807) is 6.92 Å². The average Bonchev–Trinajstić information content (AvgIpc) is 2.78. The van der Waals surface area contributed by atoms with E-state index in [-0.39, 0.29) is 29.6 Å². The molecule has 7 heteroatoms. The minimum Gasteiger partial charge on any atom is -0.312 e. The Morgan fingerprint density at radius 3 is 2.50 bits per heavy atom. The zero-order chi connectivity index (χ0) is 23.3. The number of carbonyl (C=O) groups is 2. The Labute approximate surface area is 200 Å². The third kappa shape index (κ3) is 5.90. The lowest BCUT2D eigenvalue weighted by Crippen LogP contribution is -2.56. The molecule has 2 aromatic carbocycles. The largest absolute Gasteiger partial charge is 0.312 e. The molecule has 1 saturated heterocycles. The summed E-state index contributed by atoms with van der Waals surface area (Å²) in [4.78, 5) is 24.9. The standard InChI is InChI=1S/C25H31Cl2N3O2/c1-16(31)25(2,11-10-17-6-8-20(26)9-7-17)24-22(19-4-3-5-21(27)14-19)12-18(15-29-24)13-23(32)30-28/h3-9,14,18,22,24,29H,10-13,15,28H2,1-2H3,(H,30,32)/t18-,22-,24+,25?/m1/s1. The van der Waals surface area contributed by atoms with Crippen LogP contribution in [-0.4, -0.2) is 24.3 Å². The second-order valence-electron chi connectivity index (χ2n) is 9.02. The third-order valence-corrected chi connectivity index (χ3v) is 7.35. The number of hydrogen-bond donors (Lipinski definition) is 3. The van der Waals surface area contributed by atoms with E-state index in [0.29, 0.717) is 29.4 Å². The van der Waals surface area contributed by atoms with Crippen LogP contribution >= 0.6 is 23.2 Å². The van der Waals surface area contributed by atoms with Gasteiger partial charge in [0.25, 0.3) is 0 Å². The molecule has 3 rings (SSSR count). The number of halogens is 2. The molecular weight excluding hydrogens is 445 g/mol. The zero-order valence-electron chi connectivity index (χ0n) is 18.5. The molecule has 1 unspecified atom stereocenters. The minimum atomic E-state index is -0.590. The van der Waals surface area contributed by atoms with Crippen LogP contribution in [0.15, 0.2) is 48.5 Å². The third-order valence-electron chi connectivity index (χ3n) is 6.86. The molecule has 2 aromatic rings. The number of benzene rings is 2. The SMILES string of the molecule is CC(=O)C(C)(CCc1ccc(Cl)cc1)[C@H]1NC[C@@H](CC(=O)NN)C[C@@H]1c1cccc(Cl)c1. The van der Waals surface area contributed by atoms with Crippen molar-refractivity contribution in [1.82, 2.24) is 10.7 Å². The van der Waals surface area contributed by atoms with E-state index in [2.05, 4.69) is 16.8 Å². The van der Waals surface area contributed by atoms with Crippen molar-refractivity contribution >= 4 is 34.9 Å². The molecular formula is C25H31Cl2N3O2. The van der Waals surface area contributed by atoms with Crippen LogP contribution in [0.1, 0.15) is 50.2 Å². The van der Waals surface area contributed by atoms with Crippen LogP contribution < -0.4 is 16.6 Å². The van der Waals surface area contributed by atoms with Crippen LogP contribution in [0.3, 0.4) is 0 Å². The molecule has 4 N–H and O–H groups in total. The van der Waals surface area contributed by atoms with E-state index >= 15 is 0 Å². The number of nitrogens with one attached hydrogen (secondary N) is 2. The molecule has 0 bridgehead atoms. The molecule has 1 heterocycles. The maximum Gasteiger partial charge on any atom is 0.234 e. The maximum absolute atomic E-state index is 13.0. The molecule has 4 atom stereocenters. The van der Waals surface area contributed by atoms with Crippen molar-refractivity contribution in [3.63, 3.8) is 0 Å². The first-order valence-electron chi connectivity index (χ1n) is 11.0. The maximum atomic E-state index is 13.0. The predicted molar refractivity (Wildman–Crippen MR) is 130 cm³/mol. The summed E-state index contributed by atoms with van der Waals surface area (Å²) in [5, 5.41) is 4.99. The van der Waals surface area contributed by atoms with Crippen molar-refractivity contribution in [2.24, 2.45) is 17.2 Å². The van der Waals surface area contributed by atoms with E-state index in [1.165, 1.54) is 0 Å². The number of hydrazine groups is 1. The van der Waals surface area contributed by atoms with Gasteiger partial charge in [-0.2, -0.15) is 0 Å². The molecule has 0 saturated carbocycles. The lowest BCUT2D eigenvalue weighted by molar-refractivity contribution is -0.129. The Kier molecular flexibility index (Phi) is 8.34. The van der Waals surface area contributed by atoms with E-state index in [1.807, 2.05) is 49.4 Å². The van der Waals surface area contributed by atoms with Crippen molar-refractivity contribution in [3.8, 4) is 0 Å². The highest BCUT2D eigenvalue weighted by Crippen LogP contribution is 2.43. The Hall–Kier alpha value is -1.92. The molecule has 0 aliphatic carbocycles. The first-order chi connectivity index (χ1) is 15.2. The summed E-state index contributed by atoms with van der Waals surface area (Å²) in [6.07, 6.45) is 2.59. The molecule has 5 nitrogen and oxygen atoms in total. The van der Waals surface area contributed by atoms with Gasteiger partial charge >= 0.3 is 0 Å². The van der Waals surface area contributed by atoms with Crippen LogP contribution in [0, 0.1) is 11.3 Å². The fraction of sp³-hybridized carbons (Fsp3) is 0.440. The summed E-state index contributed by atoms with van der Waals surface area (Å²) >= 11 is 12.3. The van der Waals surface area contributed by atoms with Gasteiger partial charge in [0.15, 0.2) is 0 Å². The van der Waals surface area contributed by atoms with Gasteiger partial charge in [0.2, 0.25) is 5.91 Å². The molecule has 172 valence electrons. The van der Waals surface area contributed by atoms with Gasteiger partial charge in [0.05, 0.1) is 0 Å². The lowest BCUT2D eigenvalue weighted by atomic mass is 9.64. The normalized spacial score (nSPS) is 22.7. The summed E-state index contributed by atoms with van der Waals surface area (Å²) in [5.41, 5.74) is 3.86. The first kappa shape index (κ1) is 24.7. The van der Waals surface area contributed by atoms with Gasteiger partial charge in [0.1, 0.15) is 5.78 Å². The molecule has 0 spiro atoms. The smallest absolute Gasteiger partial charge is 0.234 e. The Balaban J connectivity index is 1.89. The van der Waals surface area contributed by atoms with Crippen LogP contribution in [0.2, 0.25) is 10.0 Å². The van der Waals surface area contributed by atoms with Gasteiger partial charge in [0, 0.05) is 33.8 Å². The van der Waals surface area contributed by atoms with Crippen molar-refractivity contribution in [1.29, 1.82) is 0 Å². The summed E-state index contributed by atoms with van der Waals surface area (Å²) in [6, 6.07) is 15.5. The molecule has 0 radical (unpaired) electrons. The van der Waals surface area contributed by atoms with Crippen LogP contribution in [-0.2, 0) is 16.0 Å². The summed E-state index contributed by atoms with van der Waals surface area (Å²) in [6.45, 7) is 4.37. The molecule has 1 amide bonds. The van der Waals surface area contributed by atoms with Crippen molar-refractivity contribution in [2.75, 3.05) is 6.54 Å². The van der Waals surface area contributed by atoms with Crippen molar-refractivity contribution in [2.45, 2.75) is 51.5 Å². The van der Waals surface area contributed by atoms with Crippen LogP contribution in [0.4, 0.5) is 0 Å². The highest BCUT2D eigenvalue weighted by Gasteiger charge is 2.45. The van der Waals surface area contributed by atoms with E-state index in [0.717, 1.165) is 24.0 Å². The number of piperidine rings is 1. The molecule has 32 heavy (non-hydrogen) atoms. The van der Waals surface area contributed by atoms with E-state index in [9.17, 15) is 9.59 Å². The van der Waals surface area contributed by atoms with Crippen LogP contribution in [0.25, 0.3) is 0 Å². The fourth-order valence-corrected chi connectivity index (χ4v) is 5.16. The monoisotopic (exact) mass is 475 g/mol. The number of aryl methyl sites for hydroxylation is 1. The highest BCUT2D eigenvalue weighted by atomic mass is 35.5. The summed E-state index contributed by atoms with van der Waals surface area (Å²) < 4.78 is 0. The van der Waals surface area contributed by atoms with Crippen molar-refractivity contribution < 1.29 is 9.59 Å². The fourth-order valence-electron chi connectivity index (χ4n) is 4.83. The molecule has 1 aliphatic rings. The Morgan fingerprint density at radius 1 is 1.16 bits per heavy atom. The Morgan fingerprint density at radius 2 is 1.88 bits per heavy atom. The van der Waals surface area contributed by atoms with E-state index in [4.69, 9.17) is 29.0 Å². The molecule has 1 aliphatic heterocycles. The van der Waals surface area contributed by atoms with Gasteiger partial charge in [-0.3, -0.25) is 15.0 Å². The zero-order valence-corrected chi connectivity index (χ0v) is 20.0. The Bertz CT molecular complexity index is 950. The lowest BCUT2D eigenvalue weighted by Gasteiger charge is -2.46. The topological polar surface area (TPSA) is 84.2 Å². The number of nitrogens with two attached hydrogens (primary N) is 1. The number of Topliss-reactive ketones (excluding diaryl/α,β-unsaturated/α-hetero) is 1. The number of rotatable bonds is 8.